The number of rotatable bonds is 6. The average molecular weight is 344 g/mol. The highest BCUT2D eigenvalue weighted by Crippen LogP contribution is 2.08. The quantitative estimate of drug-likeness (QED) is 0.755. The maximum absolute atomic E-state index is 12.4. The lowest BCUT2D eigenvalue weighted by molar-refractivity contribution is -0.121. The summed E-state index contributed by atoms with van der Waals surface area (Å²) in [6.07, 6.45) is 4.68. The van der Waals surface area contributed by atoms with Gasteiger partial charge in [0.25, 0.3) is 5.56 Å². The molecule has 7 heteroatoms. The Morgan fingerprint density at radius 1 is 1.12 bits per heavy atom. The first-order valence-corrected chi connectivity index (χ1v) is 8.86. The smallest absolute Gasteiger partial charge is 0.329 e. The number of hydrogen-bond acceptors (Lipinski definition) is 4. The molecule has 0 saturated carbocycles. The number of aromatic amines is 1. The second-order valence-corrected chi connectivity index (χ2v) is 6.47. The molecule has 2 heterocycles. The van der Waals surface area contributed by atoms with Gasteiger partial charge in [-0.15, -0.1) is 0 Å². The third kappa shape index (κ3) is 4.36. The summed E-state index contributed by atoms with van der Waals surface area (Å²) in [7, 11) is 0. The highest BCUT2D eigenvalue weighted by Gasteiger charge is 2.12. The maximum atomic E-state index is 12.4. The molecule has 0 spiro atoms. The first kappa shape index (κ1) is 17.4. The van der Waals surface area contributed by atoms with E-state index in [9.17, 15) is 14.4 Å². The molecule has 1 aromatic carbocycles. The number of nitrogens with one attached hydrogen (secondary N) is 2. The number of carbonyl (C=O) groups excluding carboxylic acids is 1. The van der Waals surface area contributed by atoms with Gasteiger partial charge < -0.3 is 15.2 Å². The average Bonchev–Trinajstić information content (AvgIpc) is 2.63. The predicted octanol–water partition coefficient (Wildman–Crippen LogP) is 0.682. The predicted molar refractivity (Wildman–Crippen MR) is 96.7 cm³/mol. The van der Waals surface area contributed by atoms with Crippen LogP contribution in [-0.4, -0.2) is 46.5 Å². The molecule has 1 aromatic heterocycles. The van der Waals surface area contributed by atoms with Gasteiger partial charge in [0.2, 0.25) is 5.91 Å². The summed E-state index contributed by atoms with van der Waals surface area (Å²) in [4.78, 5) is 41.5. The lowest BCUT2D eigenvalue weighted by Gasteiger charge is -2.26. The molecule has 0 atom stereocenters. The molecule has 1 amide bonds. The van der Waals surface area contributed by atoms with E-state index in [1.807, 2.05) is 0 Å². The van der Waals surface area contributed by atoms with Crippen molar-refractivity contribution in [2.24, 2.45) is 0 Å². The van der Waals surface area contributed by atoms with Crippen molar-refractivity contribution in [1.29, 1.82) is 0 Å². The van der Waals surface area contributed by atoms with Gasteiger partial charge in [-0.3, -0.25) is 14.2 Å². The van der Waals surface area contributed by atoms with Crippen LogP contribution in [0.25, 0.3) is 10.9 Å². The van der Waals surface area contributed by atoms with Crippen molar-refractivity contribution in [1.82, 2.24) is 19.8 Å². The summed E-state index contributed by atoms with van der Waals surface area (Å²) in [5.74, 6) is -0.318. The zero-order valence-electron chi connectivity index (χ0n) is 14.3. The van der Waals surface area contributed by atoms with Crippen molar-refractivity contribution < 1.29 is 4.79 Å². The van der Waals surface area contributed by atoms with E-state index in [-0.39, 0.29) is 12.5 Å². The molecule has 0 unspecified atom stereocenters. The second kappa shape index (κ2) is 8.11. The molecular weight excluding hydrogens is 320 g/mol. The van der Waals surface area contributed by atoms with Gasteiger partial charge in [-0.25, -0.2) is 4.79 Å². The standard InChI is InChI=1S/C18H24N4O3/c23-16(19-9-6-12-21-10-4-1-5-11-21)13-22-17(24)14-7-2-3-8-15(14)20-18(22)25/h2-3,7-8H,1,4-6,9-13H2,(H,19,23)(H,20,25). The Hall–Kier alpha value is -2.41. The van der Waals surface area contributed by atoms with Crippen LogP contribution < -0.4 is 16.6 Å². The van der Waals surface area contributed by atoms with Crippen LogP contribution in [0.3, 0.4) is 0 Å². The van der Waals surface area contributed by atoms with Gasteiger partial charge in [0.1, 0.15) is 6.54 Å². The SMILES string of the molecule is O=C(Cn1c(=O)[nH]c2ccccc2c1=O)NCCCN1CCCCC1. The topological polar surface area (TPSA) is 87.2 Å². The molecule has 2 N–H and O–H groups in total. The molecule has 0 radical (unpaired) electrons. The normalized spacial score (nSPS) is 15.4. The van der Waals surface area contributed by atoms with E-state index >= 15 is 0 Å². The molecule has 1 aliphatic rings. The van der Waals surface area contributed by atoms with Gasteiger partial charge >= 0.3 is 5.69 Å². The fourth-order valence-electron chi connectivity index (χ4n) is 3.26. The molecule has 134 valence electrons. The molecule has 7 nitrogen and oxygen atoms in total. The van der Waals surface area contributed by atoms with Crippen molar-refractivity contribution in [3.63, 3.8) is 0 Å². The van der Waals surface area contributed by atoms with E-state index in [0.717, 1.165) is 30.6 Å². The van der Waals surface area contributed by atoms with Crippen LogP contribution in [0.1, 0.15) is 25.7 Å². The molecule has 1 saturated heterocycles. The summed E-state index contributed by atoms with van der Waals surface area (Å²) >= 11 is 0. The Morgan fingerprint density at radius 2 is 1.88 bits per heavy atom. The minimum absolute atomic E-state index is 0.261. The molecule has 25 heavy (non-hydrogen) atoms. The third-order valence-corrected chi connectivity index (χ3v) is 4.61. The highest BCUT2D eigenvalue weighted by molar-refractivity contribution is 5.78. The Bertz CT molecular complexity index is 849. The number of aromatic nitrogens is 2. The first-order chi connectivity index (χ1) is 12.1. The van der Waals surface area contributed by atoms with Crippen LogP contribution in [0.2, 0.25) is 0 Å². The Balaban J connectivity index is 1.55. The minimum atomic E-state index is -0.563. The van der Waals surface area contributed by atoms with Crippen LogP contribution in [0.4, 0.5) is 0 Å². The molecular formula is C18H24N4O3. The number of fused-ring (bicyclic) bond motifs is 1. The van der Waals surface area contributed by atoms with Crippen molar-refractivity contribution in [2.75, 3.05) is 26.2 Å². The van der Waals surface area contributed by atoms with Crippen LogP contribution >= 0.6 is 0 Å². The Kier molecular flexibility index (Phi) is 5.65. The number of carbonyl (C=O) groups is 1. The van der Waals surface area contributed by atoms with Crippen molar-refractivity contribution in [3.05, 3.63) is 45.1 Å². The summed E-state index contributed by atoms with van der Waals surface area (Å²) in [5, 5.41) is 3.20. The minimum Gasteiger partial charge on any atom is -0.354 e. The zero-order chi connectivity index (χ0) is 17.6. The molecule has 1 fully saturated rings. The zero-order valence-corrected chi connectivity index (χ0v) is 14.3. The number of piperidine rings is 1. The van der Waals surface area contributed by atoms with Gasteiger partial charge in [-0.1, -0.05) is 18.6 Å². The van der Waals surface area contributed by atoms with Crippen molar-refractivity contribution >= 4 is 16.8 Å². The van der Waals surface area contributed by atoms with Crippen LogP contribution in [-0.2, 0) is 11.3 Å². The third-order valence-electron chi connectivity index (χ3n) is 4.61. The fourth-order valence-corrected chi connectivity index (χ4v) is 3.26. The van der Waals surface area contributed by atoms with Gasteiger partial charge in [-0.05, 0) is 51.0 Å². The molecule has 0 aliphatic carbocycles. The van der Waals surface area contributed by atoms with E-state index in [2.05, 4.69) is 15.2 Å². The Labute approximate surface area is 145 Å². The number of H-pyrrole nitrogens is 1. The fraction of sp³-hybridized carbons (Fsp3) is 0.500. The molecule has 1 aliphatic heterocycles. The van der Waals surface area contributed by atoms with Crippen molar-refractivity contribution in [2.45, 2.75) is 32.2 Å². The van der Waals surface area contributed by atoms with E-state index in [0.29, 0.717) is 17.4 Å². The van der Waals surface area contributed by atoms with E-state index in [1.54, 1.807) is 24.3 Å². The number of nitrogens with zero attached hydrogens (tertiary/aromatic N) is 2. The number of benzene rings is 1. The molecule has 2 aromatic rings. The Morgan fingerprint density at radius 3 is 2.68 bits per heavy atom. The van der Waals surface area contributed by atoms with Crippen molar-refractivity contribution in [3.8, 4) is 0 Å². The molecule has 0 bridgehead atoms. The van der Waals surface area contributed by atoms with Gasteiger partial charge in [0, 0.05) is 6.54 Å². The van der Waals surface area contributed by atoms with Crippen LogP contribution in [0, 0.1) is 0 Å². The van der Waals surface area contributed by atoms with E-state index in [1.165, 1.54) is 19.3 Å². The van der Waals surface area contributed by atoms with Gasteiger partial charge in [-0.2, -0.15) is 0 Å². The summed E-state index contributed by atoms with van der Waals surface area (Å²) in [6, 6.07) is 6.79. The number of amides is 1. The summed E-state index contributed by atoms with van der Waals surface area (Å²) in [6.45, 7) is 3.53. The summed E-state index contributed by atoms with van der Waals surface area (Å²) in [5.41, 5.74) is -0.523. The number of para-hydroxylation sites is 1. The van der Waals surface area contributed by atoms with E-state index in [4.69, 9.17) is 0 Å². The first-order valence-electron chi connectivity index (χ1n) is 8.86. The van der Waals surface area contributed by atoms with Gasteiger partial charge in [0.15, 0.2) is 0 Å². The summed E-state index contributed by atoms with van der Waals surface area (Å²) < 4.78 is 0.947. The highest BCUT2D eigenvalue weighted by atomic mass is 16.2. The maximum Gasteiger partial charge on any atom is 0.329 e. The van der Waals surface area contributed by atoms with Crippen LogP contribution in [0.5, 0.6) is 0 Å². The van der Waals surface area contributed by atoms with E-state index < -0.39 is 11.2 Å². The second-order valence-electron chi connectivity index (χ2n) is 6.47. The van der Waals surface area contributed by atoms with Gasteiger partial charge in [0.05, 0.1) is 10.9 Å². The van der Waals surface area contributed by atoms with Crippen LogP contribution in [0.15, 0.2) is 33.9 Å². The number of likely N-dealkylation sites (tertiary alicyclic amines) is 1. The monoisotopic (exact) mass is 344 g/mol. The molecule has 3 rings (SSSR count). The largest absolute Gasteiger partial charge is 0.354 e. The lowest BCUT2D eigenvalue weighted by Crippen LogP contribution is -2.41. The number of hydrogen-bond donors (Lipinski definition) is 2. The lowest BCUT2D eigenvalue weighted by atomic mass is 10.1.